The number of rotatable bonds is 5. The van der Waals surface area contributed by atoms with Crippen LogP contribution in [0.1, 0.15) is 22.7 Å². The van der Waals surface area contributed by atoms with Gasteiger partial charge in [-0.15, -0.1) is 0 Å². The molecule has 0 heterocycles. The molecule has 4 N–H and O–H groups in total. The molecule has 0 spiro atoms. The minimum Gasteiger partial charge on any atom is -0.321 e. The topological polar surface area (TPSA) is 86.2 Å². The third kappa shape index (κ3) is 3.05. The highest BCUT2D eigenvalue weighted by Gasteiger charge is 2.48. The Hall–Kier alpha value is -2.47. The second-order valence-electron chi connectivity index (χ2n) is 6.36. The fourth-order valence-corrected chi connectivity index (χ4v) is 4.82. The van der Waals surface area contributed by atoms with E-state index in [2.05, 4.69) is 0 Å². The van der Waals surface area contributed by atoms with Gasteiger partial charge in [-0.05, 0) is 30.2 Å². The third-order valence-electron chi connectivity index (χ3n) is 4.62. The van der Waals surface area contributed by atoms with E-state index in [0.29, 0.717) is 11.1 Å². The molecule has 0 unspecified atom stereocenters. The lowest BCUT2D eigenvalue weighted by molar-refractivity contribution is 0.461. The van der Waals surface area contributed by atoms with Crippen molar-refractivity contribution in [1.82, 2.24) is 0 Å². The van der Waals surface area contributed by atoms with Crippen LogP contribution in [0.4, 0.5) is 0 Å². The van der Waals surface area contributed by atoms with Crippen LogP contribution in [0.2, 0.25) is 0 Å². The Kier molecular flexibility index (Phi) is 4.96. The second kappa shape index (κ2) is 7.03. The van der Waals surface area contributed by atoms with Gasteiger partial charge in [-0.2, -0.15) is 0 Å². The fourth-order valence-electron chi connectivity index (χ4n) is 3.02. The monoisotopic (exact) mass is 366 g/mol. The predicted octanol–water partition coefficient (Wildman–Crippen LogP) is 3.28. The van der Waals surface area contributed by atoms with Crippen molar-refractivity contribution >= 4 is 9.84 Å². The second-order valence-corrected chi connectivity index (χ2v) is 8.52. The van der Waals surface area contributed by atoms with Crippen molar-refractivity contribution in [2.24, 2.45) is 11.5 Å². The van der Waals surface area contributed by atoms with Crippen molar-refractivity contribution in [2.75, 3.05) is 0 Å². The molecule has 0 amide bonds. The number of sulfone groups is 1. The van der Waals surface area contributed by atoms with Crippen LogP contribution < -0.4 is 11.5 Å². The molecular formula is C21H22N2O2S. The van der Waals surface area contributed by atoms with Gasteiger partial charge < -0.3 is 11.5 Å². The van der Waals surface area contributed by atoms with E-state index in [1.165, 1.54) is 0 Å². The number of nitrogens with two attached hydrogens (primary N) is 2. The molecule has 3 aromatic carbocycles. The number of benzene rings is 3. The molecule has 134 valence electrons. The maximum atomic E-state index is 13.6. The highest BCUT2D eigenvalue weighted by atomic mass is 32.2. The zero-order valence-corrected chi connectivity index (χ0v) is 15.4. The lowest BCUT2D eigenvalue weighted by atomic mass is 9.94. The summed E-state index contributed by atoms with van der Waals surface area (Å²) in [5, 5.41) is 0. The summed E-state index contributed by atoms with van der Waals surface area (Å²) in [4.78, 5) is -1.65. The smallest absolute Gasteiger partial charge is 0.203 e. The number of hydrogen-bond donors (Lipinski definition) is 2. The Morgan fingerprint density at radius 2 is 1.31 bits per heavy atom. The molecule has 4 nitrogen and oxygen atoms in total. The summed E-state index contributed by atoms with van der Waals surface area (Å²) < 4.78 is 27.2. The Morgan fingerprint density at radius 3 is 1.85 bits per heavy atom. The molecule has 0 fully saturated rings. The molecule has 0 aliphatic carbocycles. The Morgan fingerprint density at radius 1 is 0.808 bits per heavy atom. The van der Waals surface area contributed by atoms with Gasteiger partial charge in [0.2, 0.25) is 9.84 Å². The molecule has 5 heteroatoms. The van der Waals surface area contributed by atoms with Gasteiger partial charge in [0, 0.05) is 0 Å². The largest absolute Gasteiger partial charge is 0.321 e. The van der Waals surface area contributed by atoms with E-state index in [0.717, 1.165) is 5.56 Å². The van der Waals surface area contributed by atoms with Crippen molar-refractivity contribution in [3.05, 3.63) is 102 Å². The van der Waals surface area contributed by atoms with E-state index in [4.69, 9.17) is 11.5 Å². The highest BCUT2D eigenvalue weighted by Crippen LogP contribution is 2.39. The van der Waals surface area contributed by atoms with E-state index >= 15 is 0 Å². The minimum absolute atomic E-state index is 0.154. The van der Waals surface area contributed by atoms with Crippen LogP contribution in [-0.2, 0) is 14.7 Å². The molecular weight excluding hydrogens is 344 g/mol. The van der Waals surface area contributed by atoms with Gasteiger partial charge in [0.25, 0.3) is 0 Å². The van der Waals surface area contributed by atoms with Crippen LogP contribution in [-0.4, -0.2) is 8.42 Å². The molecule has 26 heavy (non-hydrogen) atoms. The van der Waals surface area contributed by atoms with Crippen LogP contribution in [0.5, 0.6) is 0 Å². The van der Waals surface area contributed by atoms with Crippen molar-refractivity contribution in [2.45, 2.75) is 22.7 Å². The highest BCUT2D eigenvalue weighted by molar-refractivity contribution is 7.92. The first-order valence-corrected chi connectivity index (χ1v) is 9.82. The summed E-state index contributed by atoms with van der Waals surface area (Å²) in [6.45, 7) is 1.90. The average molecular weight is 366 g/mol. The summed E-state index contributed by atoms with van der Waals surface area (Å²) in [5.74, 6) is 0. The zero-order chi connectivity index (χ0) is 18.8. The standard InChI is InChI=1S/C21H22N2O2S/c1-16-12-14-19(15-13-16)26(24,25)21(23,18-10-6-3-7-11-18)20(22)17-8-4-2-5-9-17/h2-15,20H,22-23H2,1H3/t20-,21-/m0/s1. The van der Waals surface area contributed by atoms with Crippen LogP contribution in [0.3, 0.4) is 0 Å². The maximum absolute atomic E-state index is 13.6. The van der Waals surface area contributed by atoms with Crippen LogP contribution in [0, 0.1) is 6.92 Å². The summed E-state index contributed by atoms with van der Waals surface area (Å²) in [7, 11) is -3.97. The van der Waals surface area contributed by atoms with Gasteiger partial charge in [0.1, 0.15) is 0 Å². The molecule has 3 aromatic rings. The van der Waals surface area contributed by atoms with Crippen LogP contribution in [0.15, 0.2) is 89.8 Å². The van der Waals surface area contributed by atoms with E-state index in [9.17, 15) is 8.42 Å². The summed E-state index contributed by atoms with van der Waals surface area (Å²) in [6, 6.07) is 23.6. The maximum Gasteiger partial charge on any atom is 0.203 e. The third-order valence-corrected chi connectivity index (χ3v) is 6.89. The first-order chi connectivity index (χ1) is 12.4. The minimum atomic E-state index is -3.97. The number of aryl methyl sites for hydroxylation is 1. The Labute approximate surface area is 154 Å². The summed E-state index contributed by atoms with van der Waals surface area (Å²) in [6.07, 6.45) is 0. The normalized spacial score (nSPS) is 15.2. The lowest BCUT2D eigenvalue weighted by Crippen LogP contribution is -2.52. The van der Waals surface area contributed by atoms with E-state index < -0.39 is 20.8 Å². The first-order valence-electron chi connectivity index (χ1n) is 8.33. The summed E-state index contributed by atoms with van der Waals surface area (Å²) >= 11 is 0. The van der Waals surface area contributed by atoms with Crippen LogP contribution >= 0.6 is 0 Å². The zero-order valence-electron chi connectivity index (χ0n) is 14.5. The Bertz CT molecular complexity index is 972. The Balaban J connectivity index is 2.23. The van der Waals surface area contributed by atoms with Gasteiger partial charge in [0.05, 0.1) is 10.9 Å². The van der Waals surface area contributed by atoms with E-state index in [1.807, 2.05) is 31.2 Å². The molecule has 0 aliphatic heterocycles. The van der Waals surface area contributed by atoms with Crippen LogP contribution in [0.25, 0.3) is 0 Å². The molecule has 0 aromatic heterocycles. The first kappa shape index (κ1) is 18.3. The molecule has 0 radical (unpaired) electrons. The van der Waals surface area contributed by atoms with Gasteiger partial charge in [0.15, 0.2) is 4.87 Å². The van der Waals surface area contributed by atoms with Crippen molar-refractivity contribution < 1.29 is 8.42 Å². The molecule has 0 saturated heterocycles. The fraction of sp³-hybridized carbons (Fsp3) is 0.143. The molecule has 0 bridgehead atoms. The van der Waals surface area contributed by atoms with Gasteiger partial charge in [-0.3, -0.25) is 0 Å². The molecule has 0 saturated carbocycles. The van der Waals surface area contributed by atoms with Crippen molar-refractivity contribution in [3.63, 3.8) is 0 Å². The summed E-state index contributed by atoms with van der Waals surface area (Å²) in [5.41, 5.74) is 15.2. The molecule has 2 atom stereocenters. The molecule has 0 aliphatic rings. The average Bonchev–Trinajstić information content (AvgIpc) is 2.68. The van der Waals surface area contributed by atoms with Crippen molar-refractivity contribution in [1.29, 1.82) is 0 Å². The van der Waals surface area contributed by atoms with Gasteiger partial charge in [-0.25, -0.2) is 8.42 Å². The van der Waals surface area contributed by atoms with Crippen molar-refractivity contribution in [3.8, 4) is 0 Å². The van der Waals surface area contributed by atoms with Gasteiger partial charge >= 0.3 is 0 Å². The lowest BCUT2D eigenvalue weighted by Gasteiger charge is -2.35. The SMILES string of the molecule is Cc1ccc(S(=O)(=O)[C@@](N)(c2ccccc2)[C@@H](N)c2ccccc2)cc1. The van der Waals surface area contributed by atoms with E-state index in [1.54, 1.807) is 60.7 Å². The quantitative estimate of drug-likeness (QED) is 0.725. The predicted molar refractivity (Wildman–Crippen MR) is 104 cm³/mol. The molecule has 3 rings (SSSR count). The number of hydrogen-bond acceptors (Lipinski definition) is 4. The van der Waals surface area contributed by atoms with E-state index in [-0.39, 0.29) is 4.90 Å². The van der Waals surface area contributed by atoms with Gasteiger partial charge in [-0.1, -0.05) is 78.4 Å².